The molecule has 1 aliphatic carbocycles. The number of hydrogen-bond donors (Lipinski definition) is 2. The summed E-state index contributed by atoms with van der Waals surface area (Å²) in [5, 5.41) is 15.0. The van der Waals surface area contributed by atoms with E-state index in [1.807, 2.05) is 47.9 Å². The highest BCUT2D eigenvalue weighted by Crippen LogP contribution is 2.25. The number of halogens is 1. The molecule has 0 atom stereocenters. The topological polar surface area (TPSA) is 88.7 Å². The lowest BCUT2D eigenvalue weighted by molar-refractivity contribution is 0.199. The van der Waals surface area contributed by atoms with Crippen LogP contribution in [0.1, 0.15) is 44.0 Å². The first-order chi connectivity index (χ1) is 14.3. The quantitative estimate of drug-likeness (QED) is 0.282. The van der Waals surface area contributed by atoms with Crippen LogP contribution in [0.25, 0.3) is 5.65 Å². The number of aliphatic imine (C=N–C) groups is 1. The van der Waals surface area contributed by atoms with Gasteiger partial charge in [-0.15, -0.1) is 34.2 Å². The van der Waals surface area contributed by atoms with Gasteiger partial charge in [0.15, 0.2) is 17.4 Å². The molecule has 8 nitrogen and oxygen atoms in total. The van der Waals surface area contributed by atoms with Crippen LogP contribution < -0.4 is 15.4 Å². The molecule has 1 saturated carbocycles. The number of ether oxygens (including phenoxy) is 1. The third-order valence-electron chi connectivity index (χ3n) is 4.98. The van der Waals surface area contributed by atoms with E-state index in [1.54, 1.807) is 6.20 Å². The van der Waals surface area contributed by atoms with Crippen LogP contribution in [0.3, 0.4) is 0 Å². The van der Waals surface area contributed by atoms with Gasteiger partial charge in [0.05, 0.1) is 13.1 Å². The Hall–Kier alpha value is -2.43. The zero-order valence-corrected chi connectivity index (χ0v) is 19.5. The fraction of sp³-hybridized carbons (Fsp3) is 0.429. The molecule has 3 heterocycles. The van der Waals surface area contributed by atoms with E-state index in [-0.39, 0.29) is 30.1 Å². The summed E-state index contributed by atoms with van der Waals surface area (Å²) in [6.45, 7) is 3.83. The Labute approximate surface area is 193 Å². The molecule has 1 fully saturated rings. The predicted octanol–water partition coefficient (Wildman–Crippen LogP) is 3.32. The molecular formula is C21H28IN7O. The number of fused-ring (bicyclic) bond motifs is 1. The summed E-state index contributed by atoms with van der Waals surface area (Å²) in [6, 6.07) is 9.80. The van der Waals surface area contributed by atoms with Gasteiger partial charge >= 0.3 is 0 Å². The van der Waals surface area contributed by atoms with Crippen LogP contribution in [0.5, 0.6) is 5.88 Å². The largest absolute Gasteiger partial charge is 0.474 e. The summed E-state index contributed by atoms with van der Waals surface area (Å²) in [7, 11) is 0. The molecule has 0 aromatic carbocycles. The summed E-state index contributed by atoms with van der Waals surface area (Å²) >= 11 is 0. The van der Waals surface area contributed by atoms with Crippen molar-refractivity contribution >= 4 is 35.6 Å². The maximum Gasteiger partial charge on any atom is 0.218 e. The third kappa shape index (κ3) is 5.59. The van der Waals surface area contributed by atoms with Crippen LogP contribution in [0.4, 0.5) is 0 Å². The van der Waals surface area contributed by atoms with Crippen molar-refractivity contribution in [1.29, 1.82) is 0 Å². The Kier molecular flexibility index (Phi) is 8.23. The van der Waals surface area contributed by atoms with Gasteiger partial charge in [0.1, 0.15) is 6.10 Å². The van der Waals surface area contributed by atoms with E-state index in [4.69, 9.17) is 9.73 Å². The average molecular weight is 521 g/mol. The molecule has 0 bridgehead atoms. The molecule has 3 aromatic heterocycles. The van der Waals surface area contributed by atoms with Gasteiger partial charge in [-0.3, -0.25) is 4.40 Å². The number of aromatic nitrogens is 4. The summed E-state index contributed by atoms with van der Waals surface area (Å²) < 4.78 is 8.09. The molecule has 1 aliphatic rings. The summed E-state index contributed by atoms with van der Waals surface area (Å²) in [5.74, 6) is 2.25. The van der Waals surface area contributed by atoms with Gasteiger partial charge in [-0.25, -0.2) is 9.98 Å². The van der Waals surface area contributed by atoms with Crippen LogP contribution in [0.15, 0.2) is 47.7 Å². The Morgan fingerprint density at radius 3 is 2.87 bits per heavy atom. The van der Waals surface area contributed by atoms with Gasteiger partial charge in [-0.2, -0.15) is 0 Å². The van der Waals surface area contributed by atoms with Crippen molar-refractivity contribution in [3.05, 3.63) is 54.1 Å². The second kappa shape index (κ2) is 11.1. The summed E-state index contributed by atoms with van der Waals surface area (Å²) in [5.41, 5.74) is 1.82. The van der Waals surface area contributed by atoms with Crippen molar-refractivity contribution in [2.45, 2.75) is 51.8 Å². The molecule has 0 radical (unpaired) electrons. The third-order valence-corrected chi connectivity index (χ3v) is 4.98. The molecule has 0 amide bonds. The van der Waals surface area contributed by atoms with E-state index < -0.39 is 0 Å². The molecule has 2 N–H and O–H groups in total. The minimum absolute atomic E-state index is 0. The molecule has 9 heteroatoms. The first-order valence-corrected chi connectivity index (χ1v) is 10.2. The van der Waals surface area contributed by atoms with E-state index in [0.717, 1.165) is 42.4 Å². The lowest BCUT2D eigenvalue weighted by Crippen LogP contribution is -2.37. The van der Waals surface area contributed by atoms with E-state index >= 15 is 0 Å². The van der Waals surface area contributed by atoms with Crippen molar-refractivity contribution in [2.75, 3.05) is 6.54 Å². The molecule has 0 spiro atoms. The Morgan fingerprint density at radius 2 is 2.03 bits per heavy atom. The second-order valence-electron chi connectivity index (χ2n) is 7.09. The van der Waals surface area contributed by atoms with Crippen LogP contribution in [-0.4, -0.2) is 38.2 Å². The number of pyridine rings is 2. The highest BCUT2D eigenvalue weighted by atomic mass is 127. The normalized spacial score (nSPS) is 14.5. The zero-order chi connectivity index (χ0) is 19.9. The lowest BCUT2D eigenvalue weighted by Gasteiger charge is -2.15. The van der Waals surface area contributed by atoms with Crippen LogP contribution in [0.2, 0.25) is 0 Å². The van der Waals surface area contributed by atoms with E-state index in [1.165, 1.54) is 12.8 Å². The number of nitrogens with zero attached hydrogens (tertiary/aromatic N) is 5. The number of guanidine groups is 1. The highest BCUT2D eigenvalue weighted by Gasteiger charge is 2.18. The molecule has 160 valence electrons. The monoisotopic (exact) mass is 521 g/mol. The minimum Gasteiger partial charge on any atom is -0.474 e. The number of hydrogen-bond acceptors (Lipinski definition) is 5. The second-order valence-corrected chi connectivity index (χ2v) is 7.09. The fourth-order valence-corrected chi connectivity index (χ4v) is 3.49. The molecule has 3 aromatic rings. The molecule has 0 unspecified atom stereocenters. The lowest BCUT2D eigenvalue weighted by atomic mass is 10.2. The van der Waals surface area contributed by atoms with E-state index in [0.29, 0.717) is 19.0 Å². The predicted molar refractivity (Wildman–Crippen MR) is 127 cm³/mol. The van der Waals surface area contributed by atoms with Gasteiger partial charge in [0.2, 0.25) is 5.88 Å². The standard InChI is InChI=1S/C21H27N7O.HI/c1-2-22-21(25-15-19-27-26-18-11-5-6-13-28(18)19)24-14-16-8-7-12-23-20(16)29-17-9-3-4-10-17;/h5-8,11-13,17H,2-4,9-10,14-15H2,1H3,(H2,22,24,25);1H. The smallest absolute Gasteiger partial charge is 0.218 e. The van der Waals surface area contributed by atoms with E-state index in [2.05, 4.69) is 25.8 Å². The minimum atomic E-state index is 0. The Bertz CT molecular complexity index is 969. The van der Waals surface area contributed by atoms with Gasteiger partial charge in [0.25, 0.3) is 0 Å². The molecule has 0 aliphatic heterocycles. The van der Waals surface area contributed by atoms with Crippen LogP contribution in [0, 0.1) is 0 Å². The fourth-order valence-electron chi connectivity index (χ4n) is 3.49. The van der Waals surface area contributed by atoms with Crippen molar-refractivity contribution in [3.8, 4) is 5.88 Å². The maximum atomic E-state index is 6.12. The average Bonchev–Trinajstić information content (AvgIpc) is 3.41. The van der Waals surface area contributed by atoms with Gasteiger partial charge in [-0.05, 0) is 50.8 Å². The first-order valence-electron chi connectivity index (χ1n) is 10.2. The van der Waals surface area contributed by atoms with E-state index in [9.17, 15) is 0 Å². The van der Waals surface area contributed by atoms with Crippen molar-refractivity contribution in [1.82, 2.24) is 30.2 Å². The molecular weight excluding hydrogens is 493 g/mol. The number of rotatable bonds is 7. The van der Waals surface area contributed by atoms with Crippen molar-refractivity contribution in [3.63, 3.8) is 0 Å². The van der Waals surface area contributed by atoms with Crippen molar-refractivity contribution in [2.24, 2.45) is 4.99 Å². The summed E-state index contributed by atoms with van der Waals surface area (Å²) in [6.07, 6.45) is 8.69. The summed E-state index contributed by atoms with van der Waals surface area (Å²) in [4.78, 5) is 9.15. The SMILES string of the molecule is CCNC(=NCc1cccnc1OC1CCCC1)NCc1nnc2ccccn12.I. The van der Waals surface area contributed by atoms with Crippen LogP contribution >= 0.6 is 24.0 Å². The number of nitrogens with one attached hydrogen (secondary N) is 2. The molecule has 0 saturated heterocycles. The van der Waals surface area contributed by atoms with Crippen LogP contribution in [-0.2, 0) is 13.1 Å². The molecule has 4 rings (SSSR count). The Morgan fingerprint density at radius 1 is 1.17 bits per heavy atom. The van der Waals surface area contributed by atoms with Crippen molar-refractivity contribution < 1.29 is 4.74 Å². The van der Waals surface area contributed by atoms with Gasteiger partial charge in [0, 0.05) is 24.5 Å². The maximum absolute atomic E-state index is 6.12. The van der Waals surface area contributed by atoms with Gasteiger partial charge < -0.3 is 15.4 Å². The zero-order valence-electron chi connectivity index (χ0n) is 17.1. The van der Waals surface area contributed by atoms with Gasteiger partial charge in [-0.1, -0.05) is 12.1 Å². The first kappa shape index (κ1) is 22.3. The highest BCUT2D eigenvalue weighted by molar-refractivity contribution is 14.0. The Balaban J connectivity index is 0.00000256. The molecule has 30 heavy (non-hydrogen) atoms.